The molecule has 0 unspecified atom stereocenters. The molecule has 11 heteroatoms. The maximum atomic E-state index is 13.0. The molecule has 25 heavy (non-hydrogen) atoms. The Bertz CT molecular complexity index is 694. The molecule has 1 rings (SSSR count). The third-order valence-electron chi connectivity index (χ3n) is 2.79. The van der Waals surface area contributed by atoms with E-state index in [2.05, 4.69) is 9.47 Å². The van der Waals surface area contributed by atoms with Gasteiger partial charge in [0.25, 0.3) is 0 Å². The van der Waals surface area contributed by atoms with Crippen LogP contribution in [0.15, 0.2) is 30.0 Å². The van der Waals surface area contributed by atoms with Crippen molar-refractivity contribution in [2.24, 2.45) is 0 Å². The van der Waals surface area contributed by atoms with Gasteiger partial charge in [-0.25, -0.2) is 9.59 Å². The molecule has 0 heterocycles. The molecule has 0 atom stereocenters. The van der Waals surface area contributed by atoms with Crippen LogP contribution in [0.3, 0.4) is 0 Å². The minimum Gasteiger partial charge on any atom is -0.466 e. The Hall–Kier alpha value is -2.72. The van der Waals surface area contributed by atoms with Crippen molar-refractivity contribution in [2.75, 3.05) is 19.5 Å². The molecule has 0 aliphatic rings. The number of benzene rings is 1. The fourth-order valence-electron chi connectivity index (χ4n) is 1.64. The number of hydrogen-bond acceptors (Lipinski definition) is 5. The molecule has 0 spiro atoms. The molecule has 1 N–H and O–H groups in total. The van der Waals surface area contributed by atoms with E-state index in [-0.39, 0.29) is 6.07 Å². The topological polar surface area (TPSA) is 64.6 Å². The predicted octanol–water partition coefficient (Wildman–Crippen LogP) is 3.37. The van der Waals surface area contributed by atoms with E-state index in [0.29, 0.717) is 18.2 Å². The number of hydrogen-bond donors (Lipinski definition) is 1. The summed E-state index contributed by atoms with van der Waals surface area (Å²) in [4.78, 5) is 22.7. The maximum Gasteiger partial charge on any atom is 0.418 e. The number of carbonyl (C=O) groups is 2. The molecule has 0 fully saturated rings. The third-order valence-corrected chi connectivity index (χ3v) is 2.79. The van der Waals surface area contributed by atoms with Gasteiger partial charge >= 0.3 is 24.3 Å². The first-order valence-electron chi connectivity index (χ1n) is 6.33. The highest BCUT2D eigenvalue weighted by atomic mass is 19.4. The second-order valence-corrected chi connectivity index (χ2v) is 4.45. The van der Waals surface area contributed by atoms with Crippen molar-refractivity contribution in [1.29, 1.82) is 0 Å². The van der Waals surface area contributed by atoms with E-state index in [0.717, 1.165) is 14.2 Å². The van der Waals surface area contributed by atoms with Gasteiger partial charge in [-0.2, -0.15) is 26.3 Å². The van der Waals surface area contributed by atoms with E-state index in [1.54, 1.807) is 0 Å². The lowest BCUT2D eigenvalue weighted by Gasteiger charge is -2.17. The largest absolute Gasteiger partial charge is 0.466 e. The van der Waals surface area contributed by atoms with Crippen LogP contribution in [0.2, 0.25) is 0 Å². The van der Waals surface area contributed by atoms with Crippen LogP contribution in [0, 0.1) is 0 Å². The van der Waals surface area contributed by atoms with Gasteiger partial charge in [-0.05, 0) is 18.2 Å². The van der Waals surface area contributed by atoms with Crippen molar-refractivity contribution in [2.45, 2.75) is 12.4 Å². The zero-order valence-corrected chi connectivity index (χ0v) is 12.7. The molecule has 0 amide bonds. The van der Waals surface area contributed by atoms with E-state index >= 15 is 0 Å². The lowest BCUT2D eigenvalue weighted by Crippen LogP contribution is -2.19. The minimum absolute atomic E-state index is 0.116. The normalized spacial score (nSPS) is 12.6. The van der Waals surface area contributed by atoms with E-state index in [4.69, 9.17) is 0 Å². The molecule has 1 aromatic rings. The minimum atomic E-state index is -5.16. The van der Waals surface area contributed by atoms with Gasteiger partial charge in [0, 0.05) is 0 Å². The Morgan fingerprint density at radius 2 is 1.60 bits per heavy atom. The summed E-state index contributed by atoms with van der Waals surface area (Å²) in [6, 6.07) is 0.764. The molecule has 0 bridgehead atoms. The van der Waals surface area contributed by atoms with E-state index in [1.165, 1.54) is 0 Å². The maximum absolute atomic E-state index is 13.0. The number of anilines is 1. The monoisotopic (exact) mass is 371 g/mol. The number of alkyl halides is 6. The zero-order chi connectivity index (χ0) is 19.4. The van der Waals surface area contributed by atoms with Gasteiger partial charge in [0.05, 0.1) is 37.1 Å². The average Bonchev–Trinajstić information content (AvgIpc) is 2.51. The second kappa shape index (κ2) is 7.45. The lowest BCUT2D eigenvalue weighted by atomic mass is 10.1. The number of halogens is 6. The Morgan fingerprint density at radius 1 is 1.00 bits per heavy atom. The number of carbonyl (C=O) groups excluding carboxylic acids is 2. The van der Waals surface area contributed by atoms with Crippen LogP contribution in [0.4, 0.5) is 32.0 Å². The quantitative estimate of drug-likeness (QED) is 0.500. The van der Waals surface area contributed by atoms with Crippen LogP contribution in [-0.2, 0) is 31.4 Å². The van der Waals surface area contributed by atoms with Gasteiger partial charge in [0.1, 0.15) is 5.70 Å². The highest BCUT2D eigenvalue weighted by Gasteiger charge is 2.38. The van der Waals surface area contributed by atoms with Crippen molar-refractivity contribution in [3.63, 3.8) is 0 Å². The highest BCUT2D eigenvalue weighted by molar-refractivity contribution is 5.98. The van der Waals surface area contributed by atoms with E-state index in [1.807, 2.05) is 5.32 Å². The summed E-state index contributed by atoms with van der Waals surface area (Å²) in [6.07, 6.45) is -9.65. The Kier molecular flexibility index (Phi) is 6.05. The van der Waals surface area contributed by atoms with Crippen molar-refractivity contribution in [3.05, 3.63) is 41.1 Å². The van der Waals surface area contributed by atoms with Crippen molar-refractivity contribution >= 4 is 17.6 Å². The Labute approximate surface area is 137 Å². The molecule has 0 aliphatic heterocycles. The van der Waals surface area contributed by atoms with Crippen LogP contribution < -0.4 is 5.32 Å². The average molecular weight is 371 g/mol. The third kappa shape index (κ3) is 5.40. The van der Waals surface area contributed by atoms with Gasteiger partial charge in [-0.1, -0.05) is 0 Å². The fraction of sp³-hybridized carbons (Fsp3) is 0.286. The van der Waals surface area contributed by atoms with E-state index < -0.39 is 46.8 Å². The molecular weight excluding hydrogens is 360 g/mol. The predicted molar refractivity (Wildman–Crippen MR) is 72.2 cm³/mol. The summed E-state index contributed by atoms with van der Waals surface area (Å²) in [5.74, 6) is -2.31. The number of methoxy groups -OCH3 is 2. The first-order chi connectivity index (χ1) is 11.4. The van der Waals surface area contributed by atoms with Crippen LogP contribution in [0.25, 0.3) is 0 Å². The number of rotatable bonds is 4. The number of nitrogens with one attached hydrogen (secondary N) is 1. The molecule has 1 aromatic carbocycles. The summed E-state index contributed by atoms with van der Waals surface area (Å²) in [7, 11) is 1.85. The van der Waals surface area contributed by atoms with Gasteiger partial charge < -0.3 is 14.8 Å². The number of ether oxygens (including phenoxy) is 2. The molecule has 0 aromatic heterocycles. The molecule has 138 valence electrons. The van der Waals surface area contributed by atoms with Crippen molar-refractivity contribution < 1.29 is 45.4 Å². The smallest absolute Gasteiger partial charge is 0.418 e. The van der Waals surface area contributed by atoms with Gasteiger partial charge in [0.2, 0.25) is 0 Å². The van der Waals surface area contributed by atoms with Crippen LogP contribution in [0.5, 0.6) is 0 Å². The Balaban J connectivity index is 3.42. The first kappa shape index (κ1) is 20.3. The van der Waals surface area contributed by atoms with E-state index in [9.17, 15) is 35.9 Å². The SMILES string of the molecule is COC(=O)/C=C(/Nc1ccc(C(F)(F)F)cc1C(F)(F)F)C(=O)OC. The summed E-state index contributed by atoms with van der Waals surface area (Å²) >= 11 is 0. The summed E-state index contributed by atoms with van der Waals surface area (Å²) in [5, 5.41) is 1.95. The summed E-state index contributed by atoms with van der Waals surface area (Å²) < 4.78 is 85.5. The fourth-order valence-corrected chi connectivity index (χ4v) is 1.64. The molecule has 0 saturated heterocycles. The molecular formula is C14H11F6NO4. The number of esters is 2. The van der Waals surface area contributed by atoms with Gasteiger partial charge in [-0.3, -0.25) is 0 Å². The molecule has 0 saturated carbocycles. The molecule has 0 radical (unpaired) electrons. The van der Waals surface area contributed by atoms with Crippen LogP contribution >= 0.6 is 0 Å². The summed E-state index contributed by atoms with van der Waals surface area (Å²) in [6.45, 7) is 0. The van der Waals surface area contributed by atoms with Crippen molar-refractivity contribution in [3.8, 4) is 0 Å². The lowest BCUT2D eigenvalue weighted by molar-refractivity contribution is -0.143. The molecule has 5 nitrogen and oxygen atoms in total. The highest BCUT2D eigenvalue weighted by Crippen LogP contribution is 2.39. The Morgan fingerprint density at radius 3 is 2.04 bits per heavy atom. The standard InChI is InChI=1S/C14H11F6NO4/c1-24-11(22)6-10(12(23)25-2)21-9-4-3-7(13(15,16)17)5-8(9)14(18,19)20/h3-6,21H,1-2H3/b10-6+. The zero-order valence-electron chi connectivity index (χ0n) is 12.7. The van der Waals surface area contributed by atoms with Gasteiger partial charge in [-0.15, -0.1) is 0 Å². The van der Waals surface area contributed by atoms with Crippen LogP contribution in [0.1, 0.15) is 11.1 Å². The summed E-state index contributed by atoms with van der Waals surface area (Å²) in [5.41, 5.74) is -4.83. The van der Waals surface area contributed by atoms with Gasteiger partial charge in [0.15, 0.2) is 0 Å². The van der Waals surface area contributed by atoms with Crippen LogP contribution in [-0.4, -0.2) is 26.2 Å². The van der Waals surface area contributed by atoms with Crippen molar-refractivity contribution in [1.82, 2.24) is 0 Å². The molecule has 0 aliphatic carbocycles. The first-order valence-corrected chi connectivity index (χ1v) is 6.33. The second-order valence-electron chi connectivity index (χ2n) is 4.45.